The molecule has 0 aliphatic heterocycles. The third kappa shape index (κ3) is 5.19. The number of thiophene rings is 1. The highest BCUT2D eigenvalue weighted by molar-refractivity contribution is 7.15. The summed E-state index contributed by atoms with van der Waals surface area (Å²) in [4.78, 5) is 31.5. The predicted molar refractivity (Wildman–Crippen MR) is 155 cm³/mol. The Balaban J connectivity index is 1.56. The first-order valence-corrected chi connectivity index (χ1v) is 13.6. The standard InChI is InChI=1S/C31H25ClN2O3S/c1-3-19-9-11-21(12-10-19)27-17-24(23-7-5-6-8-26(23)33-27)29(35)34-30-28(31(36)37-4-2)25(18-38-30)20-13-15-22(32)16-14-20/h5-18H,3-4H2,1-2H3,(H,34,35). The highest BCUT2D eigenvalue weighted by atomic mass is 35.5. The van der Waals surface area contributed by atoms with Gasteiger partial charge in [-0.3, -0.25) is 4.79 Å². The van der Waals surface area contributed by atoms with Gasteiger partial charge in [0.25, 0.3) is 5.91 Å². The van der Waals surface area contributed by atoms with E-state index in [-0.39, 0.29) is 12.5 Å². The molecule has 0 atom stereocenters. The zero-order valence-corrected chi connectivity index (χ0v) is 22.5. The largest absolute Gasteiger partial charge is 0.462 e. The van der Waals surface area contributed by atoms with Gasteiger partial charge in [-0.25, -0.2) is 9.78 Å². The highest BCUT2D eigenvalue weighted by Crippen LogP contribution is 2.37. The molecule has 1 N–H and O–H groups in total. The molecule has 2 heterocycles. The molecule has 7 heteroatoms. The second-order valence-electron chi connectivity index (χ2n) is 8.66. The third-order valence-corrected chi connectivity index (χ3v) is 7.42. The van der Waals surface area contributed by atoms with Gasteiger partial charge in [0.15, 0.2) is 0 Å². The molecular weight excluding hydrogens is 516 g/mol. The van der Waals surface area contributed by atoms with Crippen molar-refractivity contribution in [2.45, 2.75) is 20.3 Å². The van der Waals surface area contributed by atoms with E-state index in [0.717, 1.165) is 22.9 Å². The number of fused-ring (bicyclic) bond motifs is 1. The molecule has 0 radical (unpaired) electrons. The molecule has 2 aromatic heterocycles. The quantitative estimate of drug-likeness (QED) is 0.211. The lowest BCUT2D eigenvalue weighted by molar-refractivity contribution is 0.0529. The van der Waals surface area contributed by atoms with Crippen LogP contribution in [0.15, 0.2) is 84.2 Å². The van der Waals surface area contributed by atoms with E-state index in [0.29, 0.717) is 37.9 Å². The van der Waals surface area contributed by atoms with Crippen molar-refractivity contribution in [3.8, 4) is 22.4 Å². The van der Waals surface area contributed by atoms with Crippen LogP contribution in [0.1, 0.15) is 40.1 Å². The van der Waals surface area contributed by atoms with Crippen LogP contribution in [-0.2, 0) is 11.2 Å². The zero-order valence-electron chi connectivity index (χ0n) is 21.0. The molecule has 0 spiro atoms. The molecule has 190 valence electrons. The van der Waals surface area contributed by atoms with Gasteiger partial charge in [-0.05, 0) is 48.7 Å². The van der Waals surface area contributed by atoms with Crippen LogP contribution >= 0.6 is 22.9 Å². The number of aryl methyl sites for hydroxylation is 1. The first-order valence-electron chi connectivity index (χ1n) is 12.3. The van der Waals surface area contributed by atoms with E-state index in [1.165, 1.54) is 16.9 Å². The van der Waals surface area contributed by atoms with Crippen LogP contribution in [0, 0.1) is 0 Å². The Bertz CT molecular complexity index is 1630. The maximum atomic E-state index is 13.7. The number of halogens is 1. The van der Waals surface area contributed by atoms with Crippen molar-refractivity contribution in [2.75, 3.05) is 11.9 Å². The number of carbonyl (C=O) groups excluding carboxylic acids is 2. The molecule has 5 nitrogen and oxygen atoms in total. The number of hydrogen-bond acceptors (Lipinski definition) is 5. The van der Waals surface area contributed by atoms with E-state index >= 15 is 0 Å². The summed E-state index contributed by atoms with van der Waals surface area (Å²) in [7, 11) is 0. The maximum absolute atomic E-state index is 13.7. The number of aromatic nitrogens is 1. The Kier molecular flexibility index (Phi) is 7.54. The number of esters is 1. The molecular formula is C31H25ClN2O3S. The zero-order chi connectivity index (χ0) is 26.6. The number of anilines is 1. The summed E-state index contributed by atoms with van der Waals surface area (Å²) in [6.07, 6.45) is 0.945. The van der Waals surface area contributed by atoms with Crippen LogP contribution in [0.3, 0.4) is 0 Å². The summed E-state index contributed by atoms with van der Waals surface area (Å²) in [6.45, 7) is 4.08. The number of rotatable bonds is 7. The van der Waals surface area contributed by atoms with Crippen LogP contribution in [0.2, 0.25) is 5.02 Å². The monoisotopic (exact) mass is 540 g/mol. The fourth-order valence-electron chi connectivity index (χ4n) is 4.29. The smallest absolute Gasteiger partial charge is 0.341 e. The summed E-state index contributed by atoms with van der Waals surface area (Å²) in [5, 5.41) is 6.57. The van der Waals surface area contributed by atoms with Crippen molar-refractivity contribution in [3.05, 3.63) is 106 Å². The van der Waals surface area contributed by atoms with Gasteiger partial charge in [-0.2, -0.15) is 0 Å². The van der Waals surface area contributed by atoms with Crippen LogP contribution < -0.4 is 5.32 Å². The van der Waals surface area contributed by atoms with Gasteiger partial charge in [-0.1, -0.05) is 73.1 Å². The van der Waals surface area contributed by atoms with Gasteiger partial charge in [0.05, 0.1) is 23.4 Å². The lowest BCUT2D eigenvalue weighted by atomic mass is 10.0. The Morgan fingerprint density at radius 2 is 1.66 bits per heavy atom. The highest BCUT2D eigenvalue weighted by Gasteiger charge is 2.24. The molecule has 0 aliphatic rings. The van der Waals surface area contributed by atoms with Gasteiger partial charge in [0.2, 0.25) is 0 Å². The van der Waals surface area contributed by atoms with E-state index in [4.69, 9.17) is 21.3 Å². The summed E-state index contributed by atoms with van der Waals surface area (Å²) < 4.78 is 5.35. The van der Waals surface area contributed by atoms with Gasteiger partial charge < -0.3 is 10.1 Å². The molecule has 0 unspecified atom stereocenters. The predicted octanol–water partition coefficient (Wildman–Crippen LogP) is 8.28. The minimum Gasteiger partial charge on any atom is -0.462 e. The molecule has 0 aliphatic carbocycles. The topological polar surface area (TPSA) is 68.3 Å². The minimum absolute atomic E-state index is 0.220. The lowest BCUT2D eigenvalue weighted by Crippen LogP contribution is -2.15. The minimum atomic E-state index is -0.495. The molecule has 1 amide bonds. The molecule has 5 rings (SSSR count). The number of pyridine rings is 1. The van der Waals surface area contributed by atoms with Crippen LogP contribution in [-0.4, -0.2) is 23.5 Å². The number of benzene rings is 3. The van der Waals surface area contributed by atoms with E-state index in [2.05, 4.69) is 24.4 Å². The summed E-state index contributed by atoms with van der Waals surface area (Å²) in [6, 6.07) is 24.7. The van der Waals surface area contributed by atoms with Crippen molar-refractivity contribution in [1.29, 1.82) is 0 Å². The fourth-order valence-corrected chi connectivity index (χ4v) is 5.37. The number of carbonyl (C=O) groups is 2. The van der Waals surface area contributed by atoms with Crippen molar-refractivity contribution in [3.63, 3.8) is 0 Å². The second kappa shape index (κ2) is 11.2. The third-order valence-electron chi connectivity index (χ3n) is 6.27. The van der Waals surface area contributed by atoms with E-state index in [1.807, 2.05) is 53.9 Å². The molecule has 0 saturated heterocycles. The number of amides is 1. The maximum Gasteiger partial charge on any atom is 0.341 e. The molecule has 3 aromatic carbocycles. The van der Waals surface area contributed by atoms with E-state index < -0.39 is 5.97 Å². The van der Waals surface area contributed by atoms with Crippen LogP contribution in [0.4, 0.5) is 5.00 Å². The average Bonchev–Trinajstić information content (AvgIpc) is 3.36. The number of nitrogens with one attached hydrogen (secondary N) is 1. The second-order valence-corrected chi connectivity index (χ2v) is 9.97. The Labute approximate surface area is 230 Å². The van der Waals surface area contributed by atoms with Gasteiger partial charge in [-0.15, -0.1) is 11.3 Å². The SMILES string of the molecule is CCOC(=O)c1c(-c2ccc(Cl)cc2)csc1NC(=O)c1cc(-c2ccc(CC)cc2)nc2ccccc12. The van der Waals surface area contributed by atoms with Crippen molar-refractivity contribution >= 4 is 50.7 Å². The average molecular weight is 541 g/mol. The van der Waals surface area contributed by atoms with Crippen LogP contribution in [0.25, 0.3) is 33.3 Å². The summed E-state index contributed by atoms with van der Waals surface area (Å²) in [5.74, 6) is -0.824. The summed E-state index contributed by atoms with van der Waals surface area (Å²) in [5.41, 5.74) is 5.85. The van der Waals surface area contributed by atoms with Crippen LogP contribution in [0.5, 0.6) is 0 Å². The molecule has 38 heavy (non-hydrogen) atoms. The van der Waals surface area contributed by atoms with Crippen molar-refractivity contribution < 1.29 is 14.3 Å². The van der Waals surface area contributed by atoms with E-state index in [1.54, 1.807) is 25.1 Å². The first-order chi connectivity index (χ1) is 18.5. The molecule has 5 aromatic rings. The van der Waals surface area contributed by atoms with Crippen molar-refractivity contribution in [2.24, 2.45) is 0 Å². The number of para-hydroxylation sites is 1. The van der Waals surface area contributed by atoms with Gasteiger partial charge in [0, 0.05) is 26.9 Å². The Hall–Kier alpha value is -4.00. The lowest BCUT2D eigenvalue weighted by Gasteiger charge is -2.12. The molecule has 0 bridgehead atoms. The summed E-state index contributed by atoms with van der Waals surface area (Å²) >= 11 is 7.34. The fraction of sp³-hybridized carbons (Fsp3) is 0.129. The van der Waals surface area contributed by atoms with E-state index in [9.17, 15) is 9.59 Å². The normalized spacial score (nSPS) is 10.9. The van der Waals surface area contributed by atoms with Crippen molar-refractivity contribution in [1.82, 2.24) is 4.98 Å². The first kappa shape index (κ1) is 25.6. The number of ether oxygens (including phenoxy) is 1. The number of hydrogen-bond donors (Lipinski definition) is 1. The Morgan fingerprint density at radius 3 is 2.37 bits per heavy atom. The number of nitrogens with zero attached hydrogens (tertiary/aromatic N) is 1. The Morgan fingerprint density at radius 1 is 0.947 bits per heavy atom. The molecule has 0 fully saturated rings. The van der Waals surface area contributed by atoms with Gasteiger partial charge in [0.1, 0.15) is 10.6 Å². The van der Waals surface area contributed by atoms with Gasteiger partial charge >= 0.3 is 5.97 Å². The molecule has 0 saturated carbocycles.